The SMILES string of the molecule is COc1cc(N)ccc1C(=O)NCC1COCCO1. The van der Waals surface area contributed by atoms with Crippen LogP contribution in [0.1, 0.15) is 10.4 Å². The molecular formula is C13H18N2O4. The number of hydrogen-bond donors (Lipinski definition) is 2. The first-order valence-electron chi connectivity index (χ1n) is 6.11. The monoisotopic (exact) mass is 266 g/mol. The minimum Gasteiger partial charge on any atom is -0.496 e. The molecule has 3 N–H and O–H groups in total. The molecule has 6 nitrogen and oxygen atoms in total. The van der Waals surface area contributed by atoms with Crippen LogP contribution >= 0.6 is 0 Å². The van der Waals surface area contributed by atoms with Gasteiger partial charge in [0.05, 0.1) is 38.6 Å². The summed E-state index contributed by atoms with van der Waals surface area (Å²) in [5.74, 6) is 0.240. The number of rotatable bonds is 4. The van der Waals surface area contributed by atoms with Crippen LogP contribution in [0, 0.1) is 0 Å². The van der Waals surface area contributed by atoms with Gasteiger partial charge in [0.1, 0.15) is 5.75 Å². The molecule has 1 fully saturated rings. The second-order valence-corrected chi connectivity index (χ2v) is 4.24. The van der Waals surface area contributed by atoms with Crippen molar-refractivity contribution in [3.8, 4) is 5.75 Å². The van der Waals surface area contributed by atoms with E-state index >= 15 is 0 Å². The molecule has 0 aromatic heterocycles. The van der Waals surface area contributed by atoms with E-state index in [0.717, 1.165) is 0 Å². The van der Waals surface area contributed by atoms with Crippen LogP contribution < -0.4 is 15.8 Å². The summed E-state index contributed by atoms with van der Waals surface area (Å²) in [4.78, 5) is 12.1. The molecule has 1 aromatic rings. The zero-order valence-electron chi connectivity index (χ0n) is 10.8. The van der Waals surface area contributed by atoms with Crippen LogP contribution in [0.25, 0.3) is 0 Å². The lowest BCUT2D eigenvalue weighted by Crippen LogP contribution is -2.39. The zero-order valence-corrected chi connectivity index (χ0v) is 10.8. The zero-order chi connectivity index (χ0) is 13.7. The number of nitrogens with one attached hydrogen (secondary N) is 1. The molecule has 1 heterocycles. The van der Waals surface area contributed by atoms with E-state index in [9.17, 15) is 4.79 Å². The highest BCUT2D eigenvalue weighted by molar-refractivity contribution is 5.97. The first-order valence-corrected chi connectivity index (χ1v) is 6.11. The molecule has 1 atom stereocenters. The Morgan fingerprint density at radius 3 is 3.05 bits per heavy atom. The van der Waals surface area contributed by atoms with Gasteiger partial charge in [-0.1, -0.05) is 0 Å². The number of nitrogens with two attached hydrogens (primary N) is 1. The molecule has 1 aliphatic heterocycles. The molecular weight excluding hydrogens is 248 g/mol. The summed E-state index contributed by atoms with van der Waals surface area (Å²) in [5.41, 5.74) is 6.65. The molecule has 1 saturated heterocycles. The fourth-order valence-corrected chi connectivity index (χ4v) is 1.85. The smallest absolute Gasteiger partial charge is 0.255 e. The van der Waals surface area contributed by atoms with E-state index in [0.29, 0.717) is 43.4 Å². The Kier molecular flexibility index (Phi) is 4.59. The van der Waals surface area contributed by atoms with Crippen molar-refractivity contribution in [3.05, 3.63) is 23.8 Å². The van der Waals surface area contributed by atoms with E-state index in [1.807, 2.05) is 0 Å². The van der Waals surface area contributed by atoms with Crippen LogP contribution in [-0.4, -0.2) is 45.5 Å². The summed E-state index contributed by atoms with van der Waals surface area (Å²) in [5, 5.41) is 2.80. The first-order chi connectivity index (χ1) is 9.20. The summed E-state index contributed by atoms with van der Waals surface area (Å²) in [6, 6.07) is 4.93. The van der Waals surface area contributed by atoms with Gasteiger partial charge in [-0.3, -0.25) is 4.79 Å². The van der Waals surface area contributed by atoms with Gasteiger partial charge in [0.2, 0.25) is 0 Å². The fourth-order valence-electron chi connectivity index (χ4n) is 1.85. The summed E-state index contributed by atoms with van der Waals surface area (Å²) in [7, 11) is 1.50. The Balaban J connectivity index is 1.95. The van der Waals surface area contributed by atoms with E-state index < -0.39 is 0 Å². The second kappa shape index (κ2) is 6.40. The Morgan fingerprint density at radius 2 is 2.37 bits per heavy atom. The van der Waals surface area contributed by atoms with Crippen molar-refractivity contribution in [3.63, 3.8) is 0 Å². The molecule has 0 saturated carbocycles. The standard InChI is InChI=1S/C13H18N2O4/c1-17-12-6-9(14)2-3-11(12)13(16)15-7-10-8-18-4-5-19-10/h2-3,6,10H,4-5,7-8,14H2,1H3,(H,15,16). The highest BCUT2D eigenvalue weighted by Gasteiger charge is 2.17. The lowest BCUT2D eigenvalue weighted by atomic mass is 10.1. The molecule has 0 aliphatic carbocycles. The van der Waals surface area contributed by atoms with E-state index in [1.54, 1.807) is 18.2 Å². The van der Waals surface area contributed by atoms with Gasteiger partial charge in [-0.15, -0.1) is 0 Å². The molecule has 1 amide bonds. The van der Waals surface area contributed by atoms with Gasteiger partial charge in [-0.2, -0.15) is 0 Å². The van der Waals surface area contributed by atoms with Gasteiger partial charge < -0.3 is 25.3 Å². The summed E-state index contributed by atoms with van der Waals surface area (Å²) >= 11 is 0. The van der Waals surface area contributed by atoms with Crippen LogP contribution in [-0.2, 0) is 9.47 Å². The Bertz CT molecular complexity index is 444. The Hall–Kier alpha value is -1.79. The van der Waals surface area contributed by atoms with Crippen molar-refractivity contribution in [2.45, 2.75) is 6.10 Å². The molecule has 1 unspecified atom stereocenters. The predicted octanol–water partition coefficient (Wildman–Crippen LogP) is 0.423. The summed E-state index contributed by atoms with van der Waals surface area (Å²) in [6.07, 6.45) is -0.0996. The topological polar surface area (TPSA) is 82.8 Å². The molecule has 0 radical (unpaired) electrons. The number of ether oxygens (including phenoxy) is 3. The summed E-state index contributed by atoms with van der Waals surface area (Å²) < 4.78 is 15.9. The third-order valence-electron chi connectivity index (χ3n) is 2.85. The number of methoxy groups -OCH3 is 1. The van der Waals surface area contributed by atoms with Gasteiger partial charge in [0, 0.05) is 18.3 Å². The van der Waals surface area contributed by atoms with Crippen LogP contribution in [0.5, 0.6) is 5.75 Å². The van der Waals surface area contributed by atoms with Crippen molar-refractivity contribution in [2.75, 3.05) is 39.2 Å². The van der Waals surface area contributed by atoms with Crippen LogP contribution in [0.4, 0.5) is 5.69 Å². The minimum atomic E-state index is -0.217. The normalized spacial score (nSPS) is 18.9. The molecule has 0 spiro atoms. The van der Waals surface area contributed by atoms with Crippen LogP contribution in [0.15, 0.2) is 18.2 Å². The lowest BCUT2D eigenvalue weighted by molar-refractivity contribution is -0.0855. The third kappa shape index (κ3) is 3.59. The van der Waals surface area contributed by atoms with Gasteiger partial charge >= 0.3 is 0 Å². The number of amides is 1. The molecule has 1 aliphatic rings. The second-order valence-electron chi connectivity index (χ2n) is 4.24. The Morgan fingerprint density at radius 1 is 1.53 bits per heavy atom. The van der Waals surface area contributed by atoms with E-state index in [2.05, 4.69) is 5.32 Å². The van der Waals surface area contributed by atoms with Crippen molar-refractivity contribution < 1.29 is 19.0 Å². The van der Waals surface area contributed by atoms with E-state index in [1.165, 1.54) is 7.11 Å². The van der Waals surface area contributed by atoms with Crippen molar-refractivity contribution >= 4 is 11.6 Å². The Labute approximate surface area is 111 Å². The predicted molar refractivity (Wildman–Crippen MR) is 70.3 cm³/mol. The molecule has 2 rings (SSSR count). The van der Waals surface area contributed by atoms with E-state index in [4.69, 9.17) is 19.9 Å². The molecule has 6 heteroatoms. The highest BCUT2D eigenvalue weighted by Crippen LogP contribution is 2.21. The number of anilines is 1. The maximum absolute atomic E-state index is 12.1. The largest absolute Gasteiger partial charge is 0.496 e. The molecule has 1 aromatic carbocycles. The maximum Gasteiger partial charge on any atom is 0.255 e. The number of nitrogen functional groups attached to an aromatic ring is 1. The average molecular weight is 266 g/mol. The van der Waals surface area contributed by atoms with Crippen molar-refractivity contribution in [1.82, 2.24) is 5.32 Å². The van der Waals surface area contributed by atoms with Gasteiger partial charge in [-0.25, -0.2) is 0 Å². The van der Waals surface area contributed by atoms with Crippen LogP contribution in [0.3, 0.4) is 0 Å². The number of benzene rings is 1. The molecule has 0 bridgehead atoms. The maximum atomic E-state index is 12.1. The highest BCUT2D eigenvalue weighted by atomic mass is 16.6. The lowest BCUT2D eigenvalue weighted by Gasteiger charge is -2.23. The van der Waals surface area contributed by atoms with Gasteiger partial charge in [-0.05, 0) is 12.1 Å². The quantitative estimate of drug-likeness (QED) is 0.772. The van der Waals surface area contributed by atoms with Crippen molar-refractivity contribution in [2.24, 2.45) is 0 Å². The third-order valence-corrected chi connectivity index (χ3v) is 2.85. The number of carbonyl (C=O) groups excluding carboxylic acids is 1. The molecule has 19 heavy (non-hydrogen) atoms. The minimum absolute atomic E-state index is 0.0996. The first kappa shape index (κ1) is 13.6. The molecule has 104 valence electrons. The van der Waals surface area contributed by atoms with Gasteiger partial charge in [0.25, 0.3) is 5.91 Å². The van der Waals surface area contributed by atoms with Crippen molar-refractivity contribution in [1.29, 1.82) is 0 Å². The van der Waals surface area contributed by atoms with E-state index in [-0.39, 0.29) is 12.0 Å². The summed E-state index contributed by atoms with van der Waals surface area (Å²) in [6.45, 7) is 2.08. The number of carbonyl (C=O) groups is 1. The van der Waals surface area contributed by atoms with Crippen LogP contribution in [0.2, 0.25) is 0 Å². The fraction of sp³-hybridized carbons (Fsp3) is 0.462. The van der Waals surface area contributed by atoms with Gasteiger partial charge in [0.15, 0.2) is 0 Å². The number of hydrogen-bond acceptors (Lipinski definition) is 5. The average Bonchev–Trinajstić information content (AvgIpc) is 2.45.